The fraction of sp³-hybridized carbons (Fsp3) is 0. The first-order valence-electron chi connectivity index (χ1n) is 5.76. The highest BCUT2D eigenvalue weighted by atomic mass is 16.3. The first-order valence-corrected chi connectivity index (χ1v) is 5.76. The smallest absolute Gasteiger partial charge is 0.237 e. The lowest BCUT2D eigenvalue weighted by atomic mass is 10.1. The van der Waals surface area contributed by atoms with Gasteiger partial charge < -0.3 is 5.11 Å². The number of nitrogens with one attached hydrogen (secondary N) is 1. The average Bonchev–Trinajstić information content (AvgIpc) is 2.49. The van der Waals surface area contributed by atoms with Crippen molar-refractivity contribution in [3.05, 3.63) is 48.5 Å². The summed E-state index contributed by atoms with van der Waals surface area (Å²) in [5.74, 6) is 0.209. The molecular weight excluding hydrogens is 252 g/mol. The fourth-order valence-electron chi connectivity index (χ4n) is 1.62. The molecule has 0 bridgehead atoms. The first kappa shape index (κ1) is 13.1. The van der Waals surface area contributed by atoms with Gasteiger partial charge in [0.2, 0.25) is 5.71 Å². The molecule has 0 spiro atoms. The molecule has 0 aliphatic carbocycles. The van der Waals surface area contributed by atoms with Crippen LogP contribution in [0.2, 0.25) is 0 Å². The summed E-state index contributed by atoms with van der Waals surface area (Å²) in [4.78, 5) is 0. The number of benzene rings is 2. The van der Waals surface area contributed by atoms with Crippen molar-refractivity contribution in [3.63, 3.8) is 0 Å². The quantitative estimate of drug-likeness (QED) is 0.657. The van der Waals surface area contributed by atoms with Gasteiger partial charge in [0.1, 0.15) is 17.9 Å². The van der Waals surface area contributed by atoms with E-state index in [1.165, 1.54) is 0 Å². The number of phenols is 1. The highest BCUT2D eigenvalue weighted by molar-refractivity contribution is 6.10. The van der Waals surface area contributed by atoms with Crippen molar-refractivity contribution in [1.29, 1.82) is 10.5 Å². The molecule has 0 fully saturated rings. The van der Waals surface area contributed by atoms with Crippen molar-refractivity contribution >= 4 is 11.4 Å². The Bertz CT molecular complexity index is 705. The Morgan fingerprint density at radius 1 is 1.00 bits per heavy atom. The van der Waals surface area contributed by atoms with Crippen LogP contribution in [0.15, 0.2) is 53.6 Å². The van der Waals surface area contributed by atoms with Gasteiger partial charge in [-0.25, -0.2) is 0 Å². The Morgan fingerprint density at radius 2 is 1.70 bits per heavy atom. The molecule has 0 aliphatic rings. The molecule has 0 atom stereocenters. The summed E-state index contributed by atoms with van der Waals surface area (Å²) >= 11 is 0. The third-order valence-electron chi connectivity index (χ3n) is 2.57. The van der Waals surface area contributed by atoms with Crippen molar-refractivity contribution < 1.29 is 5.11 Å². The van der Waals surface area contributed by atoms with E-state index in [4.69, 9.17) is 10.5 Å². The van der Waals surface area contributed by atoms with Crippen molar-refractivity contribution in [1.82, 2.24) is 0 Å². The molecule has 5 heteroatoms. The molecule has 0 aliphatic heterocycles. The fourth-order valence-corrected chi connectivity index (χ4v) is 1.62. The molecule has 20 heavy (non-hydrogen) atoms. The first-order chi connectivity index (χ1) is 9.72. The molecule has 0 amide bonds. The van der Waals surface area contributed by atoms with Gasteiger partial charge in [0, 0.05) is 0 Å². The maximum atomic E-state index is 9.27. The molecule has 2 aromatic carbocycles. The summed E-state index contributed by atoms with van der Waals surface area (Å²) in [5.41, 5.74) is 4.96. The molecule has 2 rings (SSSR count). The summed E-state index contributed by atoms with van der Waals surface area (Å²) in [7, 11) is 0. The molecule has 96 valence electrons. The maximum Gasteiger partial charge on any atom is 0.237 e. The number of hydrogen-bond acceptors (Lipinski definition) is 5. The summed E-state index contributed by atoms with van der Waals surface area (Å²) in [6, 6.07) is 17.5. The zero-order valence-electron chi connectivity index (χ0n) is 10.4. The van der Waals surface area contributed by atoms with Crippen LogP contribution in [0.4, 0.5) is 5.69 Å². The van der Waals surface area contributed by atoms with E-state index in [1.54, 1.807) is 42.5 Å². The van der Waals surface area contributed by atoms with Crippen LogP contribution in [-0.4, -0.2) is 10.8 Å². The van der Waals surface area contributed by atoms with Crippen LogP contribution < -0.4 is 5.43 Å². The van der Waals surface area contributed by atoms with Gasteiger partial charge in [-0.3, -0.25) is 5.43 Å². The van der Waals surface area contributed by atoms with Crippen LogP contribution in [0.1, 0.15) is 0 Å². The number of nitrogens with zero attached hydrogens (tertiary/aromatic N) is 3. The Kier molecular flexibility index (Phi) is 3.96. The summed E-state index contributed by atoms with van der Waals surface area (Å²) < 4.78 is 0. The Labute approximate surface area is 116 Å². The van der Waals surface area contributed by atoms with Crippen molar-refractivity contribution in [2.75, 3.05) is 5.43 Å². The average molecular weight is 262 g/mol. The van der Waals surface area contributed by atoms with Gasteiger partial charge in [-0.2, -0.15) is 15.6 Å². The van der Waals surface area contributed by atoms with Gasteiger partial charge in [0.25, 0.3) is 0 Å². The number of hydrazone groups is 1. The van der Waals surface area contributed by atoms with Crippen LogP contribution in [-0.2, 0) is 0 Å². The predicted molar refractivity (Wildman–Crippen MR) is 75.8 cm³/mol. The molecule has 0 saturated heterocycles. The van der Waals surface area contributed by atoms with Crippen molar-refractivity contribution in [3.8, 4) is 29.0 Å². The molecule has 0 unspecified atom stereocenters. The number of phenolic OH excluding ortho intramolecular Hbond substituents is 1. The van der Waals surface area contributed by atoms with Crippen LogP contribution in [0.3, 0.4) is 0 Å². The largest absolute Gasteiger partial charge is 0.508 e. The van der Waals surface area contributed by atoms with Crippen molar-refractivity contribution in [2.24, 2.45) is 5.10 Å². The van der Waals surface area contributed by atoms with Crippen LogP contribution in [0.25, 0.3) is 11.1 Å². The Balaban J connectivity index is 2.25. The van der Waals surface area contributed by atoms with Gasteiger partial charge in [-0.05, 0) is 35.4 Å². The minimum Gasteiger partial charge on any atom is -0.508 e. The molecule has 2 N–H and O–H groups in total. The highest BCUT2D eigenvalue weighted by Gasteiger charge is 2.00. The second-order valence-corrected chi connectivity index (χ2v) is 3.92. The van der Waals surface area contributed by atoms with E-state index in [-0.39, 0.29) is 11.5 Å². The van der Waals surface area contributed by atoms with E-state index >= 15 is 0 Å². The zero-order chi connectivity index (χ0) is 14.4. The molecule has 0 radical (unpaired) electrons. The topological polar surface area (TPSA) is 92.2 Å². The second kappa shape index (κ2) is 6.03. The number of aromatic hydroxyl groups is 1. The van der Waals surface area contributed by atoms with Gasteiger partial charge in [0.15, 0.2) is 0 Å². The lowest BCUT2D eigenvalue weighted by Crippen LogP contribution is -1.96. The lowest BCUT2D eigenvalue weighted by Gasteiger charge is -2.05. The monoisotopic (exact) mass is 262 g/mol. The third-order valence-corrected chi connectivity index (χ3v) is 2.57. The van der Waals surface area contributed by atoms with Gasteiger partial charge >= 0.3 is 0 Å². The molecule has 2 aromatic rings. The molecule has 0 saturated carbocycles. The number of hydrogen-bond donors (Lipinski definition) is 2. The second-order valence-electron chi connectivity index (χ2n) is 3.92. The molecular formula is C15H10N4O. The van der Waals surface area contributed by atoms with E-state index in [9.17, 15) is 5.11 Å². The highest BCUT2D eigenvalue weighted by Crippen LogP contribution is 2.24. The normalized spacial score (nSPS) is 9.10. The van der Waals surface area contributed by atoms with E-state index < -0.39 is 0 Å². The van der Waals surface area contributed by atoms with Gasteiger partial charge in [-0.15, -0.1) is 0 Å². The summed E-state index contributed by atoms with van der Waals surface area (Å²) in [6.45, 7) is 0. The van der Waals surface area contributed by atoms with Gasteiger partial charge in [0.05, 0.1) is 5.69 Å². The maximum absolute atomic E-state index is 9.27. The van der Waals surface area contributed by atoms with Crippen LogP contribution in [0, 0.1) is 22.7 Å². The minimum atomic E-state index is -0.236. The molecule has 0 heterocycles. The SMILES string of the molecule is N#CC(C#N)=NNc1cccc(-c2ccc(O)cc2)c1. The Morgan fingerprint density at radius 3 is 2.35 bits per heavy atom. The summed E-state index contributed by atoms with van der Waals surface area (Å²) in [5, 5.41) is 30.1. The van der Waals surface area contributed by atoms with Crippen LogP contribution >= 0.6 is 0 Å². The van der Waals surface area contributed by atoms with E-state index in [0.29, 0.717) is 5.69 Å². The predicted octanol–water partition coefficient (Wildman–Crippen LogP) is 2.87. The molecule has 0 aromatic heterocycles. The number of rotatable bonds is 3. The number of nitriles is 2. The Hall–Kier alpha value is -3.31. The van der Waals surface area contributed by atoms with Crippen molar-refractivity contribution in [2.45, 2.75) is 0 Å². The van der Waals surface area contributed by atoms with E-state index in [1.807, 2.05) is 18.2 Å². The summed E-state index contributed by atoms with van der Waals surface area (Å²) in [6.07, 6.45) is 0. The molecule has 5 nitrogen and oxygen atoms in total. The van der Waals surface area contributed by atoms with Gasteiger partial charge in [-0.1, -0.05) is 24.3 Å². The minimum absolute atomic E-state index is 0.209. The third kappa shape index (κ3) is 3.12. The zero-order valence-corrected chi connectivity index (χ0v) is 10.4. The van der Waals surface area contributed by atoms with Crippen LogP contribution in [0.5, 0.6) is 5.75 Å². The lowest BCUT2D eigenvalue weighted by molar-refractivity contribution is 0.475. The van der Waals surface area contributed by atoms with E-state index in [2.05, 4.69) is 10.5 Å². The number of anilines is 1. The van der Waals surface area contributed by atoms with E-state index in [0.717, 1.165) is 11.1 Å². The standard InChI is InChI=1S/C15H10N4O/c16-9-14(10-17)19-18-13-3-1-2-12(8-13)11-4-6-15(20)7-5-11/h1-8,18,20H.